The number of carbonyl (C=O) groups excluding carboxylic acids is 1. The number of nitrogens with zero attached hydrogens (tertiary/aromatic N) is 4. The average molecular weight is 339 g/mol. The lowest BCUT2D eigenvalue weighted by Gasteiger charge is -2.34. The quantitative estimate of drug-likeness (QED) is 0.905. The van der Waals surface area contributed by atoms with Crippen LogP contribution in [0.3, 0.4) is 0 Å². The molecule has 132 valence electrons. The molecular weight excluding hydrogens is 314 g/mol. The maximum absolute atomic E-state index is 11.1. The SMILES string of the molecule is Cc1nc(-c2cccnc2)nc(N2CCC[C@@H](CCC(N)=O)C2)c1C. The van der Waals surface area contributed by atoms with Gasteiger partial charge in [0.25, 0.3) is 0 Å². The van der Waals surface area contributed by atoms with Crippen molar-refractivity contribution in [2.75, 3.05) is 18.0 Å². The lowest BCUT2D eigenvalue weighted by molar-refractivity contribution is -0.118. The zero-order valence-corrected chi connectivity index (χ0v) is 14.9. The number of pyridine rings is 1. The van der Waals surface area contributed by atoms with Gasteiger partial charge in [0.1, 0.15) is 5.82 Å². The lowest BCUT2D eigenvalue weighted by atomic mass is 9.93. The van der Waals surface area contributed by atoms with E-state index >= 15 is 0 Å². The van der Waals surface area contributed by atoms with Crippen molar-refractivity contribution >= 4 is 11.7 Å². The van der Waals surface area contributed by atoms with E-state index in [2.05, 4.69) is 21.8 Å². The van der Waals surface area contributed by atoms with E-state index in [1.165, 1.54) is 0 Å². The van der Waals surface area contributed by atoms with Crippen molar-refractivity contribution in [3.63, 3.8) is 0 Å². The molecule has 2 aromatic rings. The van der Waals surface area contributed by atoms with E-state index in [9.17, 15) is 4.79 Å². The summed E-state index contributed by atoms with van der Waals surface area (Å²) in [7, 11) is 0. The number of hydrogen-bond donors (Lipinski definition) is 1. The van der Waals surface area contributed by atoms with E-state index in [1.54, 1.807) is 12.4 Å². The Morgan fingerprint density at radius 3 is 2.92 bits per heavy atom. The molecule has 1 atom stereocenters. The van der Waals surface area contributed by atoms with Gasteiger partial charge in [-0.2, -0.15) is 0 Å². The van der Waals surface area contributed by atoms with Crippen LogP contribution in [0.2, 0.25) is 0 Å². The van der Waals surface area contributed by atoms with Crippen LogP contribution in [0.5, 0.6) is 0 Å². The third kappa shape index (κ3) is 4.13. The fraction of sp³-hybridized carbons (Fsp3) is 0.474. The average Bonchev–Trinajstić information content (AvgIpc) is 2.63. The molecule has 0 aliphatic carbocycles. The summed E-state index contributed by atoms with van der Waals surface area (Å²) in [4.78, 5) is 27.1. The Balaban J connectivity index is 1.85. The van der Waals surface area contributed by atoms with Gasteiger partial charge in [0, 0.05) is 48.7 Å². The topological polar surface area (TPSA) is 85.0 Å². The Hall–Kier alpha value is -2.50. The van der Waals surface area contributed by atoms with Crippen LogP contribution in [0.1, 0.15) is 36.9 Å². The van der Waals surface area contributed by atoms with Gasteiger partial charge in [0.15, 0.2) is 5.82 Å². The largest absolute Gasteiger partial charge is 0.370 e. The third-order valence-corrected chi connectivity index (χ3v) is 4.90. The molecule has 6 heteroatoms. The van der Waals surface area contributed by atoms with E-state index in [1.807, 2.05) is 19.1 Å². The molecule has 0 aromatic carbocycles. The van der Waals surface area contributed by atoms with Crippen molar-refractivity contribution in [2.24, 2.45) is 11.7 Å². The number of primary amides is 1. The first-order chi connectivity index (χ1) is 12.0. The molecular formula is C19H25N5O. The molecule has 0 bridgehead atoms. The third-order valence-electron chi connectivity index (χ3n) is 4.90. The minimum Gasteiger partial charge on any atom is -0.370 e. The zero-order valence-electron chi connectivity index (χ0n) is 14.9. The highest BCUT2D eigenvalue weighted by atomic mass is 16.1. The number of aromatic nitrogens is 3. The van der Waals surface area contributed by atoms with Crippen LogP contribution in [0.15, 0.2) is 24.5 Å². The van der Waals surface area contributed by atoms with E-state index in [4.69, 9.17) is 10.7 Å². The maximum Gasteiger partial charge on any atom is 0.217 e. The van der Waals surface area contributed by atoms with Crippen LogP contribution in [0.4, 0.5) is 5.82 Å². The second kappa shape index (κ2) is 7.59. The number of nitrogens with two attached hydrogens (primary N) is 1. The van der Waals surface area contributed by atoms with Crippen molar-refractivity contribution in [1.82, 2.24) is 15.0 Å². The van der Waals surface area contributed by atoms with Gasteiger partial charge < -0.3 is 10.6 Å². The van der Waals surface area contributed by atoms with Crippen LogP contribution in [0.25, 0.3) is 11.4 Å². The predicted octanol–water partition coefficient (Wildman–Crippen LogP) is 2.64. The number of anilines is 1. The molecule has 0 unspecified atom stereocenters. The summed E-state index contributed by atoms with van der Waals surface area (Å²) in [5.41, 5.74) is 8.33. The van der Waals surface area contributed by atoms with E-state index in [0.717, 1.165) is 55.0 Å². The van der Waals surface area contributed by atoms with Crippen LogP contribution in [-0.4, -0.2) is 33.9 Å². The summed E-state index contributed by atoms with van der Waals surface area (Å²) in [5.74, 6) is 1.98. The summed E-state index contributed by atoms with van der Waals surface area (Å²) < 4.78 is 0. The minimum absolute atomic E-state index is 0.218. The Kier molecular flexibility index (Phi) is 5.26. The number of aryl methyl sites for hydroxylation is 1. The molecule has 1 saturated heterocycles. The highest BCUT2D eigenvalue weighted by Gasteiger charge is 2.23. The lowest BCUT2D eigenvalue weighted by Crippen LogP contribution is -2.37. The van der Waals surface area contributed by atoms with Crippen molar-refractivity contribution in [2.45, 2.75) is 39.5 Å². The molecule has 2 N–H and O–H groups in total. The van der Waals surface area contributed by atoms with Crippen molar-refractivity contribution in [3.05, 3.63) is 35.8 Å². The summed E-state index contributed by atoms with van der Waals surface area (Å²) in [6.45, 7) is 5.99. The van der Waals surface area contributed by atoms with Gasteiger partial charge in [-0.05, 0) is 51.2 Å². The number of rotatable bonds is 5. The van der Waals surface area contributed by atoms with E-state index in [0.29, 0.717) is 18.2 Å². The van der Waals surface area contributed by atoms with Crippen molar-refractivity contribution in [3.8, 4) is 11.4 Å². The number of amides is 1. The van der Waals surface area contributed by atoms with Crippen LogP contribution >= 0.6 is 0 Å². The van der Waals surface area contributed by atoms with Gasteiger partial charge in [-0.3, -0.25) is 9.78 Å². The van der Waals surface area contributed by atoms with Gasteiger partial charge >= 0.3 is 0 Å². The molecule has 25 heavy (non-hydrogen) atoms. The molecule has 1 amide bonds. The molecule has 1 aliphatic rings. The van der Waals surface area contributed by atoms with Gasteiger partial charge in [-0.15, -0.1) is 0 Å². The normalized spacial score (nSPS) is 17.5. The van der Waals surface area contributed by atoms with E-state index in [-0.39, 0.29) is 5.91 Å². The van der Waals surface area contributed by atoms with Crippen molar-refractivity contribution < 1.29 is 4.79 Å². The summed E-state index contributed by atoms with van der Waals surface area (Å²) >= 11 is 0. The second-order valence-corrected chi connectivity index (χ2v) is 6.78. The van der Waals surface area contributed by atoms with Crippen LogP contribution < -0.4 is 10.6 Å². The summed E-state index contributed by atoms with van der Waals surface area (Å²) in [6, 6.07) is 3.88. The highest BCUT2D eigenvalue weighted by molar-refractivity contribution is 5.73. The van der Waals surface area contributed by atoms with Gasteiger partial charge in [-0.25, -0.2) is 9.97 Å². The highest BCUT2D eigenvalue weighted by Crippen LogP contribution is 2.29. The number of hydrogen-bond acceptors (Lipinski definition) is 5. The number of piperidine rings is 1. The first kappa shape index (κ1) is 17.3. The zero-order chi connectivity index (χ0) is 17.8. The molecule has 0 saturated carbocycles. The van der Waals surface area contributed by atoms with Crippen LogP contribution in [0, 0.1) is 19.8 Å². The van der Waals surface area contributed by atoms with Gasteiger partial charge in [-0.1, -0.05) is 0 Å². The monoisotopic (exact) mass is 339 g/mol. The maximum atomic E-state index is 11.1. The Labute approximate surface area is 148 Å². The number of carbonyl (C=O) groups is 1. The second-order valence-electron chi connectivity index (χ2n) is 6.78. The standard InChI is InChI=1S/C19H25N5O/c1-13-14(2)22-18(16-6-3-9-21-11-16)23-19(13)24-10-4-5-15(12-24)7-8-17(20)25/h3,6,9,11,15H,4-5,7-8,10,12H2,1-2H3,(H2,20,25)/t15-/m0/s1. The fourth-order valence-corrected chi connectivity index (χ4v) is 3.39. The molecule has 1 aliphatic heterocycles. The van der Waals surface area contributed by atoms with E-state index < -0.39 is 0 Å². The first-order valence-electron chi connectivity index (χ1n) is 8.83. The fourth-order valence-electron chi connectivity index (χ4n) is 3.39. The Bertz CT molecular complexity index is 747. The molecule has 0 spiro atoms. The smallest absolute Gasteiger partial charge is 0.217 e. The minimum atomic E-state index is -0.218. The Morgan fingerprint density at radius 2 is 2.20 bits per heavy atom. The van der Waals surface area contributed by atoms with Crippen molar-refractivity contribution in [1.29, 1.82) is 0 Å². The molecule has 3 rings (SSSR count). The molecule has 0 radical (unpaired) electrons. The first-order valence-corrected chi connectivity index (χ1v) is 8.83. The molecule has 3 heterocycles. The summed E-state index contributed by atoms with van der Waals surface area (Å²) in [5, 5.41) is 0. The Morgan fingerprint density at radius 1 is 1.36 bits per heavy atom. The molecule has 1 fully saturated rings. The van der Waals surface area contributed by atoms with Gasteiger partial charge in [0.05, 0.1) is 0 Å². The predicted molar refractivity (Wildman–Crippen MR) is 98.1 cm³/mol. The van der Waals surface area contributed by atoms with Gasteiger partial charge in [0.2, 0.25) is 5.91 Å². The molecule has 2 aromatic heterocycles. The summed E-state index contributed by atoms with van der Waals surface area (Å²) in [6.07, 6.45) is 7.10. The van der Waals surface area contributed by atoms with Crippen LogP contribution in [-0.2, 0) is 4.79 Å². The molecule has 6 nitrogen and oxygen atoms in total.